The summed E-state index contributed by atoms with van der Waals surface area (Å²) in [6.45, 7) is 10.9. The molecule has 0 aliphatic carbocycles. The molecule has 0 aromatic carbocycles. The van der Waals surface area contributed by atoms with Crippen LogP contribution in [0.4, 0.5) is 0 Å². The molecule has 0 atom stereocenters. The van der Waals surface area contributed by atoms with Crippen molar-refractivity contribution in [3.63, 3.8) is 0 Å². The zero-order valence-electron chi connectivity index (χ0n) is 14.5. The van der Waals surface area contributed by atoms with E-state index in [1.807, 2.05) is 27.7 Å². The molecule has 0 saturated heterocycles. The van der Waals surface area contributed by atoms with Crippen LogP contribution in [0.5, 0.6) is 0 Å². The molecule has 2 N–H and O–H groups in total. The fourth-order valence-electron chi connectivity index (χ4n) is 2.12. The molecule has 0 radical (unpaired) electrons. The Hall–Kier alpha value is -0.513. The summed E-state index contributed by atoms with van der Waals surface area (Å²) in [6.07, 6.45) is 0.800. The molecule has 22 heavy (non-hydrogen) atoms. The molecule has 0 spiro atoms. The maximum atomic E-state index is 11.0. The third-order valence-corrected chi connectivity index (χ3v) is 5.89. The minimum Gasteiger partial charge on any atom is -0.374 e. The highest BCUT2D eigenvalue weighted by Gasteiger charge is 2.47. The predicted molar refractivity (Wildman–Crippen MR) is 85.0 cm³/mol. The van der Waals surface area contributed by atoms with E-state index in [-0.39, 0.29) is 12.3 Å². The molecule has 0 bridgehead atoms. The first-order chi connectivity index (χ1) is 10.4. The van der Waals surface area contributed by atoms with Crippen molar-refractivity contribution in [2.45, 2.75) is 59.5 Å². The number of hydrogen-bond acceptors (Lipinski definition) is 6. The van der Waals surface area contributed by atoms with Crippen molar-refractivity contribution in [3.8, 4) is 0 Å². The Balaban J connectivity index is 5.10. The Morgan fingerprint density at radius 3 is 1.86 bits per heavy atom. The highest BCUT2D eigenvalue weighted by atomic mass is 28.4. The van der Waals surface area contributed by atoms with Gasteiger partial charge in [-0.2, -0.15) is 0 Å². The highest BCUT2D eigenvalue weighted by Crippen LogP contribution is 2.27. The molecule has 0 rings (SSSR count). The topological polar surface area (TPSA) is 89.2 Å². The lowest BCUT2D eigenvalue weighted by Gasteiger charge is -2.38. The molecular formula is C14H31NO6Si. The standard InChI is InChI=1S/C14H31NO6Si/c1-6-17-14(5,18-7-2)21-22(19-8-3,20-9-4)12-10-11-13(15)16/h6-12H2,1-5H3,(H2,15,16). The van der Waals surface area contributed by atoms with E-state index in [1.54, 1.807) is 6.92 Å². The summed E-state index contributed by atoms with van der Waals surface area (Å²) in [5, 5.41) is 0. The van der Waals surface area contributed by atoms with Crippen LogP contribution >= 0.6 is 0 Å². The largest absolute Gasteiger partial charge is 0.504 e. The molecule has 0 saturated carbocycles. The number of rotatable bonds is 14. The monoisotopic (exact) mass is 337 g/mol. The van der Waals surface area contributed by atoms with Gasteiger partial charge < -0.3 is 28.5 Å². The van der Waals surface area contributed by atoms with Crippen molar-refractivity contribution in [1.29, 1.82) is 0 Å². The van der Waals surface area contributed by atoms with Crippen LogP contribution in [0.25, 0.3) is 0 Å². The average Bonchev–Trinajstić information content (AvgIpc) is 2.38. The quantitative estimate of drug-likeness (QED) is 0.385. The van der Waals surface area contributed by atoms with Crippen molar-refractivity contribution < 1.29 is 27.5 Å². The van der Waals surface area contributed by atoms with Gasteiger partial charge in [-0.05, 0) is 34.1 Å². The van der Waals surface area contributed by atoms with Crippen molar-refractivity contribution in [2.75, 3.05) is 26.4 Å². The Labute approximate surface area is 134 Å². The molecule has 0 fully saturated rings. The second-order valence-corrected chi connectivity index (χ2v) is 7.35. The fourth-order valence-corrected chi connectivity index (χ4v) is 4.89. The van der Waals surface area contributed by atoms with Crippen LogP contribution in [0.3, 0.4) is 0 Å². The zero-order chi connectivity index (χ0) is 17.1. The molecule has 132 valence electrons. The van der Waals surface area contributed by atoms with E-state index in [0.717, 1.165) is 0 Å². The second kappa shape index (κ2) is 11.1. The van der Waals surface area contributed by atoms with Crippen LogP contribution in [0, 0.1) is 0 Å². The number of ether oxygens (including phenoxy) is 2. The predicted octanol–water partition coefficient (Wildman–Crippen LogP) is 2.03. The number of nitrogens with two attached hydrogens (primary N) is 1. The highest BCUT2D eigenvalue weighted by molar-refractivity contribution is 6.60. The van der Waals surface area contributed by atoms with E-state index in [9.17, 15) is 4.79 Å². The van der Waals surface area contributed by atoms with Gasteiger partial charge in [0.15, 0.2) is 0 Å². The van der Waals surface area contributed by atoms with Crippen LogP contribution in [-0.2, 0) is 27.5 Å². The zero-order valence-corrected chi connectivity index (χ0v) is 15.5. The third kappa shape index (κ3) is 8.21. The maximum Gasteiger partial charge on any atom is 0.504 e. The van der Waals surface area contributed by atoms with E-state index in [2.05, 4.69) is 0 Å². The van der Waals surface area contributed by atoms with Crippen LogP contribution in [-0.4, -0.2) is 47.1 Å². The first kappa shape index (κ1) is 21.5. The fraction of sp³-hybridized carbons (Fsp3) is 0.929. The van der Waals surface area contributed by atoms with Gasteiger partial charge in [-0.25, -0.2) is 0 Å². The first-order valence-electron chi connectivity index (χ1n) is 7.91. The van der Waals surface area contributed by atoms with Crippen molar-refractivity contribution in [2.24, 2.45) is 5.73 Å². The van der Waals surface area contributed by atoms with Gasteiger partial charge in [-0.15, -0.1) is 0 Å². The Bertz CT molecular complexity index is 304. The minimum absolute atomic E-state index is 0.262. The van der Waals surface area contributed by atoms with Crippen molar-refractivity contribution in [1.82, 2.24) is 0 Å². The van der Waals surface area contributed by atoms with Gasteiger partial charge in [0.05, 0.1) is 0 Å². The number of amides is 1. The van der Waals surface area contributed by atoms with Gasteiger partial charge in [-0.1, -0.05) is 0 Å². The smallest absolute Gasteiger partial charge is 0.374 e. The molecule has 7 nitrogen and oxygen atoms in total. The molecule has 1 amide bonds. The number of primary amides is 1. The van der Waals surface area contributed by atoms with Gasteiger partial charge in [0.25, 0.3) is 5.97 Å². The Morgan fingerprint density at radius 1 is 1.00 bits per heavy atom. The maximum absolute atomic E-state index is 11.0. The average molecular weight is 337 g/mol. The molecule has 0 unspecified atom stereocenters. The van der Waals surface area contributed by atoms with Gasteiger partial charge in [0, 0.05) is 45.8 Å². The Morgan fingerprint density at radius 2 is 1.50 bits per heavy atom. The molecule has 8 heteroatoms. The van der Waals surface area contributed by atoms with Crippen LogP contribution in [0.1, 0.15) is 47.5 Å². The second-order valence-electron chi connectivity index (χ2n) is 4.70. The van der Waals surface area contributed by atoms with E-state index in [1.165, 1.54) is 0 Å². The lowest BCUT2D eigenvalue weighted by molar-refractivity contribution is -0.345. The molecular weight excluding hydrogens is 306 g/mol. The number of hydrogen-bond donors (Lipinski definition) is 1. The van der Waals surface area contributed by atoms with E-state index < -0.39 is 14.8 Å². The molecule has 0 heterocycles. The van der Waals surface area contributed by atoms with Crippen molar-refractivity contribution >= 4 is 14.7 Å². The summed E-state index contributed by atoms with van der Waals surface area (Å²) >= 11 is 0. The van der Waals surface area contributed by atoms with Crippen LogP contribution in [0.2, 0.25) is 6.04 Å². The lowest BCUT2D eigenvalue weighted by Crippen LogP contribution is -2.54. The van der Waals surface area contributed by atoms with Gasteiger partial charge >= 0.3 is 8.80 Å². The SMILES string of the molecule is CCOC(C)(OCC)O[Si](CCCC(N)=O)(OCC)OCC. The molecule has 0 aliphatic rings. The van der Waals surface area contributed by atoms with Gasteiger partial charge in [-0.3, -0.25) is 4.79 Å². The van der Waals surface area contributed by atoms with Crippen LogP contribution in [0.15, 0.2) is 0 Å². The Kier molecular flexibility index (Phi) is 10.8. The van der Waals surface area contributed by atoms with Crippen LogP contribution < -0.4 is 5.73 Å². The summed E-state index contributed by atoms with van der Waals surface area (Å²) in [6, 6.07) is 0.480. The first-order valence-corrected chi connectivity index (χ1v) is 9.84. The van der Waals surface area contributed by atoms with E-state index in [4.69, 9.17) is 28.5 Å². The lowest BCUT2D eigenvalue weighted by atomic mass is 10.3. The number of carbonyl (C=O) groups is 1. The molecule has 0 aliphatic heterocycles. The van der Waals surface area contributed by atoms with E-state index >= 15 is 0 Å². The minimum atomic E-state index is -3.03. The number of carbonyl (C=O) groups excluding carboxylic acids is 1. The van der Waals surface area contributed by atoms with Gasteiger partial charge in [0.1, 0.15) is 0 Å². The summed E-state index contributed by atoms with van der Waals surface area (Å²) in [5.74, 6) is -1.58. The molecule has 0 aromatic heterocycles. The normalized spacial score (nSPS) is 12.6. The van der Waals surface area contributed by atoms with Crippen molar-refractivity contribution in [3.05, 3.63) is 0 Å². The molecule has 0 aromatic rings. The summed E-state index contributed by atoms with van der Waals surface area (Å²) in [4.78, 5) is 11.0. The summed E-state index contributed by atoms with van der Waals surface area (Å²) in [5.41, 5.74) is 5.20. The van der Waals surface area contributed by atoms with E-state index in [0.29, 0.717) is 38.9 Å². The third-order valence-electron chi connectivity index (χ3n) is 2.79. The summed E-state index contributed by atoms with van der Waals surface area (Å²) in [7, 11) is -3.03. The summed E-state index contributed by atoms with van der Waals surface area (Å²) < 4.78 is 28.9. The van der Waals surface area contributed by atoms with Gasteiger partial charge in [0.2, 0.25) is 5.91 Å².